The Morgan fingerprint density at radius 2 is 2.00 bits per heavy atom. The molecular weight excluding hydrogens is 456 g/mol. The average molecular weight is 472 g/mol. The van der Waals surface area contributed by atoms with Gasteiger partial charge in [-0.05, 0) is 31.0 Å². The molecule has 0 radical (unpaired) electrons. The summed E-state index contributed by atoms with van der Waals surface area (Å²) >= 11 is 0. The van der Waals surface area contributed by atoms with Crippen molar-refractivity contribution >= 4 is 28.3 Å². The maximum Gasteiger partial charge on any atom is 0.419 e. The average Bonchev–Trinajstić information content (AvgIpc) is 3.42. The highest BCUT2D eigenvalue weighted by Gasteiger charge is 2.46. The van der Waals surface area contributed by atoms with Crippen LogP contribution in [0, 0.1) is 5.82 Å². The highest BCUT2D eigenvalue weighted by molar-refractivity contribution is 5.96. The summed E-state index contributed by atoms with van der Waals surface area (Å²) in [7, 11) is 0. The van der Waals surface area contributed by atoms with Crippen LogP contribution in [0.1, 0.15) is 40.5 Å². The number of fused-ring (bicyclic) bond motifs is 6. The standard InChI is InChI=1S/C22H16F4N6O2/c23-12-4-10-18(5-11(12)22(24,25)26)34-17-2-1-3-31(19(10)17)21(33)13-6-15-14(7-29-13)30-20(27)16-8-28-9-32(15)16/h4-9,17,19H,1-3H2,(H2,27,30)/t17-,19-/m0/s1. The number of nitrogens with two attached hydrogens (primary N) is 1. The monoisotopic (exact) mass is 472 g/mol. The van der Waals surface area contributed by atoms with Crippen molar-refractivity contribution in [2.45, 2.75) is 31.2 Å². The van der Waals surface area contributed by atoms with Gasteiger partial charge in [0.15, 0.2) is 0 Å². The van der Waals surface area contributed by atoms with Crippen molar-refractivity contribution in [3.8, 4) is 5.75 Å². The molecule has 1 aromatic carbocycles. The third kappa shape index (κ3) is 2.97. The number of amides is 1. The molecule has 2 atom stereocenters. The van der Waals surface area contributed by atoms with E-state index in [1.165, 1.54) is 11.1 Å². The SMILES string of the molecule is Nc1nc2cnc(C(=O)N3CCC[C@@H]4Oc5cc(C(F)(F)F)c(F)cc5[C@@H]43)cc2n2cncc12. The molecule has 3 aromatic heterocycles. The molecule has 0 aliphatic carbocycles. The minimum atomic E-state index is -4.85. The van der Waals surface area contributed by atoms with Gasteiger partial charge in [-0.25, -0.2) is 19.3 Å². The molecule has 34 heavy (non-hydrogen) atoms. The lowest BCUT2D eigenvalue weighted by molar-refractivity contribution is -0.140. The Morgan fingerprint density at radius 1 is 1.18 bits per heavy atom. The summed E-state index contributed by atoms with van der Waals surface area (Å²) in [5, 5.41) is 0. The Kier molecular flexibility index (Phi) is 4.26. The number of nitrogen functional groups attached to an aromatic ring is 1. The highest BCUT2D eigenvalue weighted by Crippen LogP contribution is 2.47. The number of piperidine rings is 1. The van der Waals surface area contributed by atoms with Gasteiger partial charge in [0.1, 0.15) is 40.2 Å². The van der Waals surface area contributed by atoms with E-state index in [9.17, 15) is 22.4 Å². The number of ether oxygens (including phenoxy) is 1. The Morgan fingerprint density at radius 3 is 2.79 bits per heavy atom. The Balaban J connectivity index is 1.41. The van der Waals surface area contributed by atoms with Gasteiger partial charge in [0.05, 0.1) is 35.8 Å². The number of alkyl halides is 3. The maximum atomic E-state index is 14.4. The second-order valence-corrected chi connectivity index (χ2v) is 8.31. The molecule has 8 nitrogen and oxygen atoms in total. The fourth-order valence-electron chi connectivity index (χ4n) is 4.81. The summed E-state index contributed by atoms with van der Waals surface area (Å²) in [6.45, 7) is 0.325. The molecule has 0 unspecified atom stereocenters. The van der Waals surface area contributed by atoms with Crippen LogP contribution in [0.15, 0.2) is 36.9 Å². The van der Waals surface area contributed by atoms with Gasteiger partial charge in [0, 0.05) is 12.1 Å². The van der Waals surface area contributed by atoms with E-state index in [1.54, 1.807) is 23.0 Å². The Labute approximate surface area is 189 Å². The summed E-state index contributed by atoms with van der Waals surface area (Å²) in [6, 6.07) is 2.34. The third-order valence-electron chi connectivity index (χ3n) is 6.32. The van der Waals surface area contributed by atoms with Crippen LogP contribution >= 0.6 is 0 Å². The molecule has 0 bridgehead atoms. The number of carbonyl (C=O) groups excluding carboxylic acids is 1. The summed E-state index contributed by atoms with van der Waals surface area (Å²) in [4.78, 5) is 27.6. The van der Waals surface area contributed by atoms with Crippen molar-refractivity contribution < 1.29 is 27.1 Å². The first-order chi connectivity index (χ1) is 16.2. The molecule has 6 rings (SSSR count). The molecule has 12 heteroatoms. The molecule has 0 saturated carbocycles. The van der Waals surface area contributed by atoms with Crippen LogP contribution in [-0.2, 0) is 6.18 Å². The van der Waals surface area contributed by atoms with E-state index in [0.29, 0.717) is 42.0 Å². The first kappa shape index (κ1) is 20.6. The van der Waals surface area contributed by atoms with Gasteiger partial charge in [-0.3, -0.25) is 9.20 Å². The van der Waals surface area contributed by atoms with Gasteiger partial charge in [-0.2, -0.15) is 13.2 Å². The van der Waals surface area contributed by atoms with Crippen LogP contribution in [0.2, 0.25) is 0 Å². The van der Waals surface area contributed by atoms with E-state index < -0.39 is 35.6 Å². The largest absolute Gasteiger partial charge is 0.488 e. The number of halogens is 4. The molecule has 1 fully saturated rings. The maximum absolute atomic E-state index is 14.4. The van der Waals surface area contributed by atoms with E-state index in [0.717, 1.165) is 6.07 Å². The number of aromatic nitrogens is 4. The molecule has 0 spiro atoms. The van der Waals surface area contributed by atoms with Crippen molar-refractivity contribution in [1.82, 2.24) is 24.3 Å². The second-order valence-electron chi connectivity index (χ2n) is 8.31. The van der Waals surface area contributed by atoms with Gasteiger partial charge in [-0.1, -0.05) is 0 Å². The molecule has 1 amide bonds. The van der Waals surface area contributed by atoms with Crippen LogP contribution in [0.25, 0.3) is 16.6 Å². The molecule has 5 heterocycles. The smallest absolute Gasteiger partial charge is 0.419 e. The number of benzene rings is 1. The zero-order chi connectivity index (χ0) is 23.8. The zero-order valence-electron chi connectivity index (χ0n) is 17.4. The predicted octanol–water partition coefficient (Wildman–Crippen LogP) is 3.76. The molecule has 1 saturated heterocycles. The Bertz CT molecular complexity index is 1480. The number of rotatable bonds is 1. The normalized spacial score (nSPS) is 19.8. The van der Waals surface area contributed by atoms with Crippen molar-refractivity contribution in [2.75, 3.05) is 12.3 Å². The lowest BCUT2D eigenvalue weighted by Crippen LogP contribution is -2.44. The molecular formula is C22H16F4N6O2. The molecule has 4 aromatic rings. The zero-order valence-corrected chi connectivity index (χ0v) is 17.4. The topological polar surface area (TPSA) is 98.6 Å². The number of hydrogen-bond donors (Lipinski definition) is 1. The van der Waals surface area contributed by atoms with E-state index in [4.69, 9.17) is 10.5 Å². The minimum Gasteiger partial charge on any atom is -0.488 e. The molecule has 2 aliphatic rings. The van der Waals surface area contributed by atoms with Gasteiger partial charge >= 0.3 is 6.18 Å². The van der Waals surface area contributed by atoms with Gasteiger partial charge in [-0.15, -0.1) is 0 Å². The number of carbonyl (C=O) groups is 1. The number of nitrogens with zero attached hydrogens (tertiary/aromatic N) is 5. The first-order valence-electron chi connectivity index (χ1n) is 10.5. The fraction of sp³-hybridized carbons (Fsp3) is 0.273. The van der Waals surface area contributed by atoms with Crippen molar-refractivity contribution in [2.24, 2.45) is 0 Å². The summed E-state index contributed by atoms with van der Waals surface area (Å²) < 4.78 is 61.3. The summed E-state index contributed by atoms with van der Waals surface area (Å²) in [6.07, 6.45) is 0.199. The number of hydrogen-bond acceptors (Lipinski definition) is 6. The van der Waals surface area contributed by atoms with Crippen molar-refractivity contribution in [1.29, 1.82) is 0 Å². The number of imidazole rings is 1. The van der Waals surface area contributed by atoms with Crippen LogP contribution < -0.4 is 10.5 Å². The predicted molar refractivity (Wildman–Crippen MR) is 112 cm³/mol. The number of anilines is 1. The lowest BCUT2D eigenvalue weighted by atomic mass is 9.93. The van der Waals surface area contributed by atoms with Gasteiger partial charge in [0.2, 0.25) is 0 Å². The van der Waals surface area contributed by atoms with E-state index in [1.807, 2.05) is 0 Å². The quantitative estimate of drug-likeness (QED) is 0.424. The number of pyridine rings is 1. The van der Waals surface area contributed by atoms with Crippen LogP contribution in [0.3, 0.4) is 0 Å². The highest BCUT2D eigenvalue weighted by atomic mass is 19.4. The van der Waals surface area contributed by atoms with Crippen LogP contribution in [0.4, 0.5) is 23.4 Å². The molecule has 2 aliphatic heterocycles. The second kappa shape index (κ2) is 7.02. The van der Waals surface area contributed by atoms with E-state index >= 15 is 0 Å². The van der Waals surface area contributed by atoms with E-state index in [-0.39, 0.29) is 22.8 Å². The van der Waals surface area contributed by atoms with Gasteiger partial charge < -0.3 is 15.4 Å². The Hall–Kier alpha value is -3.96. The molecule has 2 N–H and O–H groups in total. The summed E-state index contributed by atoms with van der Waals surface area (Å²) in [5.41, 5.74) is 6.48. The minimum absolute atomic E-state index is 0.0605. The van der Waals surface area contributed by atoms with Crippen molar-refractivity contribution in [3.05, 3.63) is 59.6 Å². The fourth-order valence-corrected chi connectivity index (χ4v) is 4.81. The van der Waals surface area contributed by atoms with E-state index in [2.05, 4.69) is 15.0 Å². The van der Waals surface area contributed by atoms with Crippen LogP contribution in [0.5, 0.6) is 5.75 Å². The van der Waals surface area contributed by atoms with Gasteiger partial charge in [0.25, 0.3) is 5.91 Å². The lowest BCUT2D eigenvalue weighted by Gasteiger charge is -2.36. The summed E-state index contributed by atoms with van der Waals surface area (Å²) in [5.74, 6) is -1.64. The van der Waals surface area contributed by atoms with Crippen LogP contribution in [-0.4, -0.2) is 42.8 Å². The van der Waals surface area contributed by atoms with Crippen molar-refractivity contribution in [3.63, 3.8) is 0 Å². The molecule has 174 valence electrons. The third-order valence-corrected chi connectivity index (χ3v) is 6.32. The first-order valence-corrected chi connectivity index (χ1v) is 10.5. The number of likely N-dealkylation sites (tertiary alicyclic amines) is 1.